The van der Waals surface area contributed by atoms with Gasteiger partial charge in [-0.1, -0.05) is 28.1 Å². The predicted molar refractivity (Wildman–Crippen MR) is 82.2 cm³/mol. The molecule has 0 aliphatic rings. The number of nitro benzene ring substituents is 1. The summed E-state index contributed by atoms with van der Waals surface area (Å²) in [7, 11) is 0. The molecule has 0 spiro atoms. The van der Waals surface area contributed by atoms with E-state index in [1.807, 2.05) is 18.2 Å². The first-order valence-corrected chi connectivity index (χ1v) is 7.18. The first-order chi connectivity index (χ1) is 9.49. The second kappa shape index (κ2) is 6.32. The topological polar surface area (TPSA) is 55.2 Å². The van der Waals surface area contributed by atoms with Crippen molar-refractivity contribution in [1.29, 1.82) is 0 Å². The van der Waals surface area contributed by atoms with Gasteiger partial charge in [-0.3, -0.25) is 10.1 Å². The van der Waals surface area contributed by atoms with Gasteiger partial charge in [0, 0.05) is 32.8 Å². The van der Waals surface area contributed by atoms with E-state index in [4.69, 9.17) is 0 Å². The van der Waals surface area contributed by atoms with Gasteiger partial charge in [-0.2, -0.15) is 4.39 Å². The zero-order valence-electron chi connectivity index (χ0n) is 10.1. The van der Waals surface area contributed by atoms with Crippen molar-refractivity contribution < 1.29 is 9.31 Å². The molecule has 2 rings (SSSR count). The van der Waals surface area contributed by atoms with E-state index >= 15 is 0 Å². The Morgan fingerprint density at radius 3 is 2.65 bits per heavy atom. The van der Waals surface area contributed by atoms with Gasteiger partial charge in [0.2, 0.25) is 5.82 Å². The molecule has 0 unspecified atom stereocenters. The standard InChI is InChI=1S/C13H9Br2FN2O2/c14-9-4-5-11(10(15)6-9)17-7-8-2-1-3-12(13(8)16)18(19)20/h1-6,17H,7H2. The number of nitrogens with zero attached hydrogens (tertiary/aromatic N) is 1. The number of benzene rings is 2. The van der Waals surface area contributed by atoms with Crippen molar-refractivity contribution in [3.63, 3.8) is 0 Å². The van der Waals surface area contributed by atoms with E-state index in [1.165, 1.54) is 12.1 Å². The maximum absolute atomic E-state index is 13.9. The minimum absolute atomic E-state index is 0.160. The first-order valence-electron chi connectivity index (χ1n) is 5.59. The molecule has 20 heavy (non-hydrogen) atoms. The summed E-state index contributed by atoms with van der Waals surface area (Å²) in [5.41, 5.74) is 0.507. The summed E-state index contributed by atoms with van der Waals surface area (Å²) in [6.45, 7) is 0.160. The number of anilines is 1. The number of halogens is 3. The van der Waals surface area contributed by atoms with Gasteiger partial charge in [0.1, 0.15) is 0 Å². The van der Waals surface area contributed by atoms with Crippen LogP contribution in [0.25, 0.3) is 0 Å². The quantitative estimate of drug-likeness (QED) is 0.585. The van der Waals surface area contributed by atoms with Crippen LogP contribution in [-0.4, -0.2) is 4.92 Å². The second-order valence-corrected chi connectivity index (χ2v) is 5.76. The molecule has 0 radical (unpaired) electrons. The van der Waals surface area contributed by atoms with Gasteiger partial charge in [0.15, 0.2) is 0 Å². The molecule has 4 nitrogen and oxygen atoms in total. The van der Waals surface area contributed by atoms with E-state index in [0.29, 0.717) is 0 Å². The predicted octanol–water partition coefficient (Wildman–Crippen LogP) is 4.87. The van der Waals surface area contributed by atoms with Crippen LogP contribution < -0.4 is 5.32 Å². The maximum Gasteiger partial charge on any atom is 0.305 e. The van der Waals surface area contributed by atoms with Crippen LogP contribution in [0, 0.1) is 15.9 Å². The van der Waals surface area contributed by atoms with E-state index in [1.54, 1.807) is 0 Å². The van der Waals surface area contributed by atoms with E-state index in [2.05, 4.69) is 37.2 Å². The summed E-state index contributed by atoms with van der Waals surface area (Å²) >= 11 is 6.72. The molecule has 0 saturated carbocycles. The van der Waals surface area contributed by atoms with Gasteiger partial charge in [-0.15, -0.1) is 0 Å². The van der Waals surface area contributed by atoms with Gasteiger partial charge in [-0.05, 0) is 34.1 Å². The molecular weight excluding hydrogens is 395 g/mol. The van der Waals surface area contributed by atoms with Crippen molar-refractivity contribution in [2.24, 2.45) is 0 Å². The Morgan fingerprint density at radius 1 is 1.25 bits per heavy atom. The van der Waals surface area contributed by atoms with Crippen LogP contribution in [0.1, 0.15) is 5.56 Å². The first kappa shape index (κ1) is 14.9. The highest BCUT2D eigenvalue weighted by atomic mass is 79.9. The Balaban J connectivity index is 2.19. The monoisotopic (exact) mass is 402 g/mol. The average Bonchev–Trinajstić information content (AvgIpc) is 2.39. The van der Waals surface area contributed by atoms with Crippen molar-refractivity contribution in [2.75, 3.05) is 5.32 Å². The Morgan fingerprint density at radius 2 is 2.00 bits per heavy atom. The largest absolute Gasteiger partial charge is 0.380 e. The van der Waals surface area contributed by atoms with Crippen LogP contribution in [0.15, 0.2) is 45.3 Å². The molecule has 0 aromatic heterocycles. The Hall–Kier alpha value is -1.47. The van der Waals surface area contributed by atoms with E-state index < -0.39 is 16.4 Å². The van der Waals surface area contributed by atoms with Crippen molar-refractivity contribution in [3.8, 4) is 0 Å². The van der Waals surface area contributed by atoms with Gasteiger partial charge in [0.25, 0.3) is 0 Å². The Kier molecular flexibility index (Phi) is 4.72. The lowest BCUT2D eigenvalue weighted by atomic mass is 10.2. The maximum atomic E-state index is 13.9. The molecule has 104 valence electrons. The third kappa shape index (κ3) is 3.34. The lowest BCUT2D eigenvalue weighted by Crippen LogP contribution is -2.04. The van der Waals surface area contributed by atoms with Crippen LogP contribution in [0.5, 0.6) is 0 Å². The van der Waals surface area contributed by atoms with E-state index in [9.17, 15) is 14.5 Å². The van der Waals surface area contributed by atoms with E-state index in [-0.39, 0.29) is 12.1 Å². The average molecular weight is 404 g/mol. The van der Waals surface area contributed by atoms with Crippen molar-refractivity contribution in [1.82, 2.24) is 0 Å². The Bertz CT molecular complexity index is 665. The second-order valence-electron chi connectivity index (χ2n) is 3.99. The molecule has 0 saturated heterocycles. The van der Waals surface area contributed by atoms with Crippen molar-refractivity contribution in [3.05, 3.63) is 66.8 Å². The molecule has 0 aliphatic carbocycles. The highest BCUT2D eigenvalue weighted by Gasteiger charge is 2.16. The Labute approximate surface area is 131 Å². The molecule has 0 amide bonds. The fraction of sp³-hybridized carbons (Fsp3) is 0.0769. The minimum atomic E-state index is -0.807. The summed E-state index contributed by atoms with van der Waals surface area (Å²) in [5, 5.41) is 13.7. The van der Waals surface area contributed by atoms with Gasteiger partial charge >= 0.3 is 5.69 Å². The van der Waals surface area contributed by atoms with Gasteiger partial charge < -0.3 is 5.32 Å². The minimum Gasteiger partial charge on any atom is -0.380 e. The normalized spacial score (nSPS) is 10.3. The van der Waals surface area contributed by atoms with Crippen LogP contribution >= 0.6 is 31.9 Å². The fourth-order valence-electron chi connectivity index (χ4n) is 1.67. The molecule has 0 fully saturated rings. The smallest absolute Gasteiger partial charge is 0.305 e. The van der Waals surface area contributed by atoms with Crippen LogP contribution in [-0.2, 0) is 6.54 Å². The molecule has 0 bridgehead atoms. The molecule has 2 aromatic rings. The van der Waals surface area contributed by atoms with Crippen molar-refractivity contribution in [2.45, 2.75) is 6.54 Å². The summed E-state index contributed by atoms with van der Waals surface area (Å²) in [6.07, 6.45) is 0. The zero-order chi connectivity index (χ0) is 14.7. The van der Waals surface area contributed by atoms with Crippen LogP contribution in [0.4, 0.5) is 15.8 Å². The van der Waals surface area contributed by atoms with Crippen LogP contribution in [0.3, 0.4) is 0 Å². The lowest BCUT2D eigenvalue weighted by molar-refractivity contribution is -0.387. The van der Waals surface area contributed by atoms with Gasteiger partial charge in [0.05, 0.1) is 4.92 Å². The molecular formula is C13H9Br2FN2O2. The summed E-state index contributed by atoms with van der Waals surface area (Å²) in [4.78, 5) is 9.94. The number of hydrogen-bond acceptors (Lipinski definition) is 3. The lowest BCUT2D eigenvalue weighted by Gasteiger charge is -2.09. The zero-order valence-corrected chi connectivity index (χ0v) is 13.2. The third-order valence-electron chi connectivity index (χ3n) is 2.66. The number of rotatable bonds is 4. The molecule has 1 N–H and O–H groups in total. The third-order valence-corrected chi connectivity index (χ3v) is 3.80. The summed E-state index contributed by atoms with van der Waals surface area (Å²) in [6, 6.07) is 9.65. The molecule has 7 heteroatoms. The molecule has 0 aliphatic heterocycles. The molecule has 0 atom stereocenters. The summed E-state index contributed by atoms with van der Waals surface area (Å²) in [5.74, 6) is -0.807. The number of nitrogens with one attached hydrogen (secondary N) is 1. The highest BCUT2D eigenvalue weighted by Crippen LogP contribution is 2.27. The molecule has 0 heterocycles. The SMILES string of the molecule is O=[N+]([O-])c1cccc(CNc2ccc(Br)cc2Br)c1F. The summed E-state index contributed by atoms with van der Waals surface area (Å²) < 4.78 is 15.6. The van der Waals surface area contributed by atoms with Crippen molar-refractivity contribution >= 4 is 43.2 Å². The van der Waals surface area contributed by atoms with Gasteiger partial charge in [-0.25, -0.2) is 0 Å². The molecule has 2 aromatic carbocycles. The fourth-order valence-corrected chi connectivity index (χ4v) is 2.85. The van der Waals surface area contributed by atoms with E-state index in [0.717, 1.165) is 20.7 Å². The van der Waals surface area contributed by atoms with Crippen LogP contribution in [0.2, 0.25) is 0 Å². The number of nitro groups is 1. The number of hydrogen-bond donors (Lipinski definition) is 1. The highest BCUT2D eigenvalue weighted by molar-refractivity contribution is 9.11.